The van der Waals surface area contributed by atoms with E-state index in [0.29, 0.717) is 19.0 Å². The molecule has 1 aliphatic heterocycles. The highest BCUT2D eigenvalue weighted by atomic mass is 16.2. The first-order valence-electron chi connectivity index (χ1n) is 7.38. The van der Waals surface area contributed by atoms with Crippen molar-refractivity contribution in [3.8, 4) is 0 Å². The third-order valence-corrected chi connectivity index (χ3v) is 4.53. The van der Waals surface area contributed by atoms with Gasteiger partial charge in [0, 0.05) is 32.2 Å². The van der Waals surface area contributed by atoms with E-state index in [1.807, 2.05) is 0 Å². The Balaban J connectivity index is 1.81. The Morgan fingerprint density at radius 3 is 2.42 bits per heavy atom. The summed E-state index contributed by atoms with van der Waals surface area (Å²) in [7, 11) is 0. The van der Waals surface area contributed by atoms with Gasteiger partial charge in [-0.1, -0.05) is 13.8 Å². The molecule has 1 saturated carbocycles. The van der Waals surface area contributed by atoms with E-state index in [1.165, 1.54) is 0 Å². The van der Waals surface area contributed by atoms with Crippen LogP contribution in [0, 0.1) is 11.8 Å². The fourth-order valence-corrected chi connectivity index (χ4v) is 2.94. The van der Waals surface area contributed by atoms with Gasteiger partial charge in [0.15, 0.2) is 0 Å². The lowest BCUT2D eigenvalue weighted by Gasteiger charge is -2.33. The van der Waals surface area contributed by atoms with E-state index in [1.54, 1.807) is 4.90 Å². The first kappa shape index (κ1) is 14.3. The molecule has 19 heavy (non-hydrogen) atoms. The summed E-state index contributed by atoms with van der Waals surface area (Å²) in [5.41, 5.74) is 0. The summed E-state index contributed by atoms with van der Waals surface area (Å²) in [4.78, 5) is 25.6. The molecule has 2 fully saturated rings. The molecule has 0 bridgehead atoms. The average Bonchev–Trinajstić information content (AvgIpc) is 2.43. The summed E-state index contributed by atoms with van der Waals surface area (Å²) < 4.78 is 0. The maximum atomic E-state index is 12.0. The number of hydrogen-bond acceptors (Lipinski definition) is 3. The summed E-state index contributed by atoms with van der Waals surface area (Å²) in [5.74, 6) is 0.548. The Bertz CT molecular complexity index is 340. The Hall–Kier alpha value is -1.10. The quantitative estimate of drug-likeness (QED) is 0.674. The molecule has 2 N–H and O–H groups in total. The highest BCUT2D eigenvalue weighted by molar-refractivity contribution is 6.35. The summed E-state index contributed by atoms with van der Waals surface area (Å²) >= 11 is 0. The van der Waals surface area contributed by atoms with Crippen molar-refractivity contribution in [2.24, 2.45) is 11.8 Å². The summed E-state index contributed by atoms with van der Waals surface area (Å²) in [6.45, 7) is 7.29. The lowest BCUT2D eigenvalue weighted by atomic mass is 9.79. The van der Waals surface area contributed by atoms with E-state index in [4.69, 9.17) is 0 Å². The number of rotatable bonds is 1. The van der Waals surface area contributed by atoms with Crippen LogP contribution in [-0.2, 0) is 9.59 Å². The molecule has 3 atom stereocenters. The highest BCUT2D eigenvalue weighted by Crippen LogP contribution is 2.29. The van der Waals surface area contributed by atoms with Crippen molar-refractivity contribution >= 4 is 11.8 Å². The van der Waals surface area contributed by atoms with Crippen LogP contribution in [0.15, 0.2) is 0 Å². The largest absolute Gasteiger partial charge is 0.345 e. The maximum Gasteiger partial charge on any atom is 0.311 e. The lowest BCUT2D eigenvalue weighted by Crippen LogP contribution is -2.53. The average molecular weight is 267 g/mol. The predicted octanol–water partition coefficient (Wildman–Crippen LogP) is 0.359. The van der Waals surface area contributed by atoms with E-state index >= 15 is 0 Å². The van der Waals surface area contributed by atoms with E-state index in [2.05, 4.69) is 24.5 Å². The maximum absolute atomic E-state index is 12.0. The Labute approximate surface area is 115 Å². The Kier molecular flexibility index (Phi) is 4.80. The van der Waals surface area contributed by atoms with Crippen molar-refractivity contribution in [2.45, 2.75) is 39.2 Å². The molecule has 0 aromatic rings. The van der Waals surface area contributed by atoms with E-state index in [9.17, 15) is 9.59 Å². The third-order valence-electron chi connectivity index (χ3n) is 4.53. The van der Waals surface area contributed by atoms with Gasteiger partial charge in [0.1, 0.15) is 0 Å². The molecule has 0 spiro atoms. The van der Waals surface area contributed by atoms with Crippen LogP contribution in [0.2, 0.25) is 0 Å². The zero-order valence-corrected chi connectivity index (χ0v) is 11.9. The van der Waals surface area contributed by atoms with Gasteiger partial charge in [0.05, 0.1) is 0 Å². The molecule has 1 heterocycles. The second-order valence-electron chi connectivity index (χ2n) is 5.98. The number of hydrogen-bond donors (Lipinski definition) is 2. The van der Waals surface area contributed by atoms with Gasteiger partial charge in [-0.3, -0.25) is 9.59 Å². The minimum Gasteiger partial charge on any atom is -0.345 e. The first-order valence-corrected chi connectivity index (χ1v) is 7.38. The van der Waals surface area contributed by atoms with Gasteiger partial charge in [-0.15, -0.1) is 0 Å². The van der Waals surface area contributed by atoms with Gasteiger partial charge >= 0.3 is 11.8 Å². The van der Waals surface area contributed by atoms with Crippen molar-refractivity contribution in [1.29, 1.82) is 0 Å². The Morgan fingerprint density at radius 2 is 1.79 bits per heavy atom. The van der Waals surface area contributed by atoms with Crippen LogP contribution in [-0.4, -0.2) is 48.9 Å². The van der Waals surface area contributed by atoms with Gasteiger partial charge in [-0.2, -0.15) is 0 Å². The SMILES string of the molecule is CC1CCC(NC(=O)C(=O)N2CCNCC2)CC1C. The molecule has 108 valence electrons. The van der Waals surface area contributed by atoms with Gasteiger partial charge < -0.3 is 15.5 Å². The Morgan fingerprint density at radius 1 is 1.11 bits per heavy atom. The zero-order valence-electron chi connectivity index (χ0n) is 11.9. The van der Waals surface area contributed by atoms with Crippen molar-refractivity contribution < 1.29 is 9.59 Å². The van der Waals surface area contributed by atoms with Crippen LogP contribution in [0.5, 0.6) is 0 Å². The summed E-state index contributed by atoms with van der Waals surface area (Å²) in [6, 6.07) is 0.172. The molecule has 1 aliphatic carbocycles. The molecular weight excluding hydrogens is 242 g/mol. The summed E-state index contributed by atoms with van der Waals surface area (Å²) in [6.07, 6.45) is 3.11. The smallest absolute Gasteiger partial charge is 0.311 e. The van der Waals surface area contributed by atoms with Crippen molar-refractivity contribution in [1.82, 2.24) is 15.5 Å². The van der Waals surface area contributed by atoms with E-state index < -0.39 is 5.91 Å². The van der Waals surface area contributed by atoms with Gasteiger partial charge in [-0.05, 0) is 31.1 Å². The molecule has 5 heteroatoms. The normalized spacial score (nSPS) is 31.9. The predicted molar refractivity (Wildman–Crippen MR) is 73.6 cm³/mol. The summed E-state index contributed by atoms with van der Waals surface area (Å²) in [5, 5.41) is 6.09. The molecule has 5 nitrogen and oxygen atoms in total. The van der Waals surface area contributed by atoms with E-state index in [-0.39, 0.29) is 11.9 Å². The van der Waals surface area contributed by atoms with Crippen LogP contribution in [0.4, 0.5) is 0 Å². The minimum atomic E-state index is -0.423. The van der Waals surface area contributed by atoms with Crippen LogP contribution in [0.1, 0.15) is 33.1 Å². The second kappa shape index (κ2) is 6.37. The van der Waals surface area contributed by atoms with Crippen molar-refractivity contribution in [3.05, 3.63) is 0 Å². The topological polar surface area (TPSA) is 61.4 Å². The number of carbonyl (C=O) groups is 2. The van der Waals surface area contributed by atoms with Crippen molar-refractivity contribution in [2.75, 3.05) is 26.2 Å². The van der Waals surface area contributed by atoms with Gasteiger partial charge in [0.2, 0.25) is 0 Å². The molecule has 1 saturated heterocycles. The monoisotopic (exact) mass is 267 g/mol. The fraction of sp³-hybridized carbons (Fsp3) is 0.857. The van der Waals surface area contributed by atoms with Gasteiger partial charge in [0.25, 0.3) is 0 Å². The van der Waals surface area contributed by atoms with E-state index in [0.717, 1.165) is 38.3 Å². The molecule has 2 amide bonds. The lowest BCUT2D eigenvalue weighted by molar-refractivity contribution is -0.146. The number of amides is 2. The second-order valence-corrected chi connectivity index (χ2v) is 5.98. The number of nitrogens with one attached hydrogen (secondary N) is 2. The molecule has 0 radical (unpaired) electrons. The number of carbonyl (C=O) groups excluding carboxylic acids is 2. The highest BCUT2D eigenvalue weighted by Gasteiger charge is 2.29. The standard InChI is InChI=1S/C14H25N3O2/c1-10-3-4-12(9-11(10)2)16-13(18)14(19)17-7-5-15-6-8-17/h10-12,15H,3-9H2,1-2H3,(H,16,18). The molecule has 2 aliphatic rings. The molecule has 0 aromatic carbocycles. The minimum absolute atomic E-state index is 0.172. The molecule has 2 rings (SSSR count). The van der Waals surface area contributed by atoms with Crippen LogP contribution in [0.25, 0.3) is 0 Å². The molecular formula is C14H25N3O2. The van der Waals surface area contributed by atoms with Crippen LogP contribution in [0.3, 0.4) is 0 Å². The fourth-order valence-electron chi connectivity index (χ4n) is 2.94. The zero-order chi connectivity index (χ0) is 13.8. The van der Waals surface area contributed by atoms with Crippen molar-refractivity contribution in [3.63, 3.8) is 0 Å². The van der Waals surface area contributed by atoms with Crippen LogP contribution >= 0.6 is 0 Å². The van der Waals surface area contributed by atoms with Crippen LogP contribution < -0.4 is 10.6 Å². The number of piperazine rings is 1. The molecule has 0 aromatic heterocycles. The molecule has 3 unspecified atom stereocenters. The third kappa shape index (κ3) is 3.69. The van der Waals surface area contributed by atoms with Gasteiger partial charge in [-0.25, -0.2) is 0 Å². The number of nitrogens with zero attached hydrogens (tertiary/aromatic N) is 1. The first-order chi connectivity index (χ1) is 9.08.